The minimum atomic E-state index is 0.0723. The Bertz CT molecular complexity index is 543. The number of amidine groups is 1. The Morgan fingerprint density at radius 3 is 1.94 bits per heavy atom. The molecular formula is C29H56N3O+. The number of hydrogen-bond donors (Lipinski definition) is 1. The molecule has 1 N–H and O–H groups in total. The second-order valence-corrected chi connectivity index (χ2v) is 10.1. The number of nitrogens with one attached hydrogen (secondary N) is 1. The van der Waals surface area contributed by atoms with Crippen molar-refractivity contribution in [2.24, 2.45) is 4.99 Å². The normalized spacial score (nSPS) is 18.2. The molecule has 1 aliphatic rings. The lowest BCUT2D eigenvalue weighted by Gasteiger charge is -2.33. The molecule has 0 saturated carbocycles. The molecule has 0 aliphatic carbocycles. The predicted octanol–water partition coefficient (Wildman–Crippen LogP) is 7.58. The lowest BCUT2D eigenvalue weighted by molar-refractivity contribution is -0.833. The first-order chi connectivity index (χ1) is 16.1. The van der Waals surface area contributed by atoms with Crippen molar-refractivity contribution in [3.8, 4) is 0 Å². The fourth-order valence-corrected chi connectivity index (χ4v) is 5.02. The quantitative estimate of drug-likeness (QED) is 0.101. The van der Waals surface area contributed by atoms with Gasteiger partial charge in [-0.3, -0.25) is 9.28 Å². The van der Waals surface area contributed by atoms with Gasteiger partial charge in [0.25, 0.3) is 0 Å². The number of quaternary nitrogens is 1. The van der Waals surface area contributed by atoms with Crippen LogP contribution in [0.2, 0.25) is 0 Å². The summed E-state index contributed by atoms with van der Waals surface area (Å²) in [5, 5.41) is 2.97. The molecule has 1 unspecified atom stereocenters. The van der Waals surface area contributed by atoms with Gasteiger partial charge in [0.05, 0.1) is 19.6 Å². The van der Waals surface area contributed by atoms with Gasteiger partial charge in [-0.25, -0.2) is 4.99 Å². The standard InChI is InChI=1S/C29H55N3O/c1-4-6-7-8-9-10-11-12-13-14-15-16-17-18-19-20-21-22-23-29-31-25-27-32(29,5-2)26-24-30-28(3)33/h8-9H,4-7,10-27H2,1-3H3/p+1/b9-8+. The van der Waals surface area contributed by atoms with E-state index in [1.54, 1.807) is 6.92 Å². The van der Waals surface area contributed by atoms with E-state index in [4.69, 9.17) is 4.99 Å². The van der Waals surface area contributed by atoms with Gasteiger partial charge < -0.3 is 5.32 Å². The predicted molar refractivity (Wildman–Crippen MR) is 145 cm³/mol. The van der Waals surface area contributed by atoms with Crippen molar-refractivity contribution in [3.05, 3.63) is 12.2 Å². The molecule has 0 fully saturated rings. The van der Waals surface area contributed by atoms with E-state index in [0.717, 1.165) is 43.6 Å². The Kier molecular flexibility index (Phi) is 18.3. The highest BCUT2D eigenvalue weighted by atomic mass is 16.1. The van der Waals surface area contributed by atoms with Crippen LogP contribution in [0.1, 0.15) is 130 Å². The zero-order valence-corrected chi connectivity index (χ0v) is 22.5. The Hall–Kier alpha value is -1.16. The summed E-state index contributed by atoms with van der Waals surface area (Å²) in [5.74, 6) is 1.46. The summed E-state index contributed by atoms with van der Waals surface area (Å²) in [5.41, 5.74) is 0. The number of hydrogen-bond acceptors (Lipinski definition) is 2. The van der Waals surface area contributed by atoms with E-state index < -0.39 is 0 Å². The number of carbonyl (C=O) groups excluding carboxylic acids is 1. The molecule has 4 nitrogen and oxygen atoms in total. The Morgan fingerprint density at radius 2 is 1.39 bits per heavy atom. The first-order valence-electron chi connectivity index (χ1n) is 14.4. The number of rotatable bonds is 22. The lowest BCUT2D eigenvalue weighted by atomic mass is 10.0. The zero-order chi connectivity index (χ0) is 24.0. The van der Waals surface area contributed by atoms with Crippen molar-refractivity contribution in [2.45, 2.75) is 130 Å². The fourth-order valence-electron chi connectivity index (χ4n) is 5.02. The van der Waals surface area contributed by atoms with Crippen LogP contribution in [0.25, 0.3) is 0 Å². The summed E-state index contributed by atoms with van der Waals surface area (Å²) in [7, 11) is 0. The van der Waals surface area contributed by atoms with Crippen LogP contribution in [0, 0.1) is 0 Å². The Morgan fingerprint density at radius 1 is 0.848 bits per heavy atom. The second kappa shape index (κ2) is 20.2. The van der Waals surface area contributed by atoms with Crippen molar-refractivity contribution in [2.75, 3.05) is 32.7 Å². The van der Waals surface area contributed by atoms with Crippen molar-refractivity contribution >= 4 is 11.7 Å². The monoisotopic (exact) mass is 462 g/mol. The molecule has 192 valence electrons. The number of likely N-dealkylation sites (N-methyl/N-ethyl adjacent to an activating group) is 1. The molecule has 0 bridgehead atoms. The van der Waals surface area contributed by atoms with E-state index in [2.05, 4.69) is 31.3 Å². The first-order valence-corrected chi connectivity index (χ1v) is 14.4. The molecular weight excluding hydrogens is 406 g/mol. The molecule has 0 spiro atoms. The van der Waals surface area contributed by atoms with E-state index in [-0.39, 0.29) is 5.91 Å². The van der Waals surface area contributed by atoms with Crippen molar-refractivity contribution in [1.82, 2.24) is 5.32 Å². The maximum atomic E-state index is 11.2. The van der Waals surface area contributed by atoms with Gasteiger partial charge in [-0.15, -0.1) is 0 Å². The van der Waals surface area contributed by atoms with E-state index in [1.807, 2.05) is 0 Å². The zero-order valence-electron chi connectivity index (χ0n) is 22.5. The van der Waals surface area contributed by atoms with Gasteiger partial charge >= 0.3 is 0 Å². The minimum absolute atomic E-state index is 0.0723. The molecule has 0 aromatic rings. The summed E-state index contributed by atoms with van der Waals surface area (Å²) in [4.78, 5) is 16.0. The number of carbonyl (C=O) groups is 1. The van der Waals surface area contributed by atoms with E-state index in [1.165, 1.54) is 109 Å². The SMILES string of the molecule is CCCC/C=C/CCCCCCCCCCCCCCC1=NCC[N+]1(CC)CCNC(C)=O. The van der Waals surface area contributed by atoms with Crippen LogP contribution in [-0.4, -0.2) is 48.9 Å². The van der Waals surface area contributed by atoms with Gasteiger partial charge in [-0.1, -0.05) is 96.1 Å². The summed E-state index contributed by atoms with van der Waals surface area (Å²) in [6.45, 7) is 11.0. The van der Waals surface area contributed by atoms with Crippen molar-refractivity contribution in [1.29, 1.82) is 0 Å². The highest BCUT2D eigenvalue weighted by molar-refractivity contribution is 5.77. The van der Waals surface area contributed by atoms with Crippen LogP contribution in [0.3, 0.4) is 0 Å². The molecule has 4 heteroatoms. The highest BCUT2D eigenvalue weighted by Gasteiger charge is 2.35. The minimum Gasteiger partial charge on any atom is -0.351 e. The van der Waals surface area contributed by atoms with Crippen LogP contribution < -0.4 is 5.32 Å². The molecule has 0 saturated heterocycles. The van der Waals surface area contributed by atoms with Gasteiger partial charge in [-0.2, -0.15) is 0 Å². The Labute approximate surface area is 206 Å². The van der Waals surface area contributed by atoms with Crippen molar-refractivity contribution < 1.29 is 9.28 Å². The average molecular weight is 463 g/mol. The van der Waals surface area contributed by atoms with Crippen molar-refractivity contribution in [3.63, 3.8) is 0 Å². The van der Waals surface area contributed by atoms with Gasteiger partial charge in [-0.05, 0) is 32.6 Å². The summed E-state index contributed by atoms with van der Waals surface area (Å²) < 4.78 is 0.996. The van der Waals surface area contributed by atoms with E-state index in [0.29, 0.717) is 0 Å². The molecule has 33 heavy (non-hydrogen) atoms. The number of unbranched alkanes of at least 4 members (excludes halogenated alkanes) is 14. The topological polar surface area (TPSA) is 41.5 Å². The van der Waals surface area contributed by atoms with Gasteiger partial charge in [0.15, 0.2) is 5.84 Å². The van der Waals surface area contributed by atoms with Crippen LogP contribution in [0.15, 0.2) is 17.1 Å². The molecule has 1 rings (SSSR count). The number of allylic oxidation sites excluding steroid dienone is 2. The van der Waals surface area contributed by atoms with Gasteiger partial charge in [0.1, 0.15) is 13.1 Å². The van der Waals surface area contributed by atoms with Crippen LogP contribution in [0.4, 0.5) is 0 Å². The molecule has 0 aromatic heterocycles. The summed E-state index contributed by atoms with van der Waals surface area (Å²) in [6.07, 6.45) is 27.8. The maximum absolute atomic E-state index is 11.2. The van der Waals surface area contributed by atoms with Gasteiger partial charge in [0, 0.05) is 13.3 Å². The molecule has 1 amide bonds. The third kappa shape index (κ3) is 14.7. The first kappa shape index (κ1) is 29.9. The third-order valence-corrected chi connectivity index (χ3v) is 7.30. The number of amides is 1. The largest absolute Gasteiger partial charge is 0.351 e. The fraction of sp³-hybridized carbons (Fsp3) is 0.862. The molecule has 0 radical (unpaired) electrons. The van der Waals surface area contributed by atoms with Crippen LogP contribution >= 0.6 is 0 Å². The molecule has 0 aromatic carbocycles. The molecule has 1 atom stereocenters. The number of nitrogens with zero attached hydrogens (tertiary/aromatic N) is 2. The average Bonchev–Trinajstić information content (AvgIpc) is 3.21. The second-order valence-electron chi connectivity index (χ2n) is 10.1. The smallest absolute Gasteiger partial charge is 0.217 e. The summed E-state index contributed by atoms with van der Waals surface area (Å²) in [6, 6.07) is 0. The number of aliphatic imine (C=N–C) groups is 1. The van der Waals surface area contributed by atoms with Gasteiger partial charge in [0.2, 0.25) is 5.91 Å². The maximum Gasteiger partial charge on any atom is 0.217 e. The van der Waals surface area contributed by atoms with E-state index in [9.17, 15) is 4.79 Å². The molecule has 1 aliphatic heterocycles. The Balaban J connectivity index is 1.92. The molecule has 1 heterocycles. The lowest BCUT2D eigenvalue weighted by Crippen LogP contribution is -2.54. The highest BCUT2D eigenvalue weighted by Crippen LogP contribution is 2.20. The third-order valence-electron chi connectivity index (χ3n) is 7.30. The van der Waals surface area contributed by atoms with Crippen LogP contribution in [-0.2, 0) is 4.79 Å². The van der Waals surface area contributed by atoms with E-state index >= 15 is 0 Å². The summed E-state index contributed by atoms with van der Waals surface area (Å²) >= 11 is 0. The van der Waals surface area contributed by atoms with Crippen LogP contribution in [0.5, 0.6) is 0 Å².